The molecule has 2 aromatic carbocycles. The number of aryl methyl sites for hydroxylation is 2. The van der Waals surface area contributed by atoms with Crippen molar-refractivity contribution in [2.45, 2.75) is 20.3 Å². The third-order valence-corrected chi connectivity index (χ3v) is 4.01. The lowest BCUT2D eigenvalue weighted by Crippen LogP contribution is -2.29. The van der Waals surface area contributed by atoms with Gasteiger partial charge in [0, 0.05) is 23.5 Å². The molecule has 3 rings (SSSR count). The van der Waals surface area contributed by atoms with Crippen molar-refractivity contribution in [3.05, 3.63) is 58.4 Å². The van der Waals surface area contributed by atoms with Gasteiger partial charge in [0.1, 0.15) is 5.82 Å². The van der Waals surface area contributed by atoms with E-state index in [2.05, 4.69) is 0 Å². The van der Waals surface area contributed by atoms with E-state index in [4.69, 9.17) is 5.73 Å². The number of rotatable bonds is 1. The van der Waals surface area contributed by atoms with Gasteiger partial charge in [-0.2, -0.15) is 0 Å². The molecule has 0 unspecified atom stereocenters. The summed E-state index contributed by atoms with van der Waals surface area (Å²) in [5.74, 6) is -0.409. The highest BCUT2D eigenvalue weighted by Crippen LogP contribution is 2.33. The molecule has 0 bridgehead atoms. The van der Waals surface area contributed by atoms with Crippen LogP contribution in [0.4, 0.5) is 15.8 Å². The number of carbonyl (C=O) groups excluding carboxylic acids is 1. The number of amides is 1. The normalized spacial score (nSPS) is 13.4. The highest BCUT2D eigenvalue weighted by Gasteiger charge is 2.26. The van der Waals surface area contributed by atoms with Crippen LogP contribution in [0.2, 0.25) is 0 Å². The number of nitrogens with two attached hydrogens (primary N) is 1. The predicted molar refractivity (Wildman–Crippen MR) is 82.1 cm³/mol. The van der Waals surface area contributed by atoms with Gasteiger partial charge in [0.05, 0.1) is 0 Å². The molecule has 3 nitrogen and oxygen atoms in total. The summed E-state index contributed by atoms with van der Waals surface area (Å²) in [7, 11) is 0. The summed E-state index contributed by atoms with van der Waals surface area (Å²) in [6.45, 7) is 4.25. The van der Waals surface area contributed by atoms with Gasteiger partial charge in [-0.3, -0.25) is 4.79 Å². The number of benzene rings is 2. The van der Waals surface area contributed by atoms with Crippen LogP contribution in [0.15, 0.2) is 30.3 Å². The van der Waals surface area contributed by atoms with E-state index in [9.17, 15) is 9.18 Å². The number of nitrogens with zero attached hydrogens (tertiary/aromatic N) is 1. The number of hydrogen-bond acceptors (Lipinski definition) is 2. The zero-order valence-corrected chi connectivity index (χ0v) is 12.1. The molecule has 0 fully saturated rings. The summed E-state index contributed by atoms with van der Waals surface area (Å²) in [5.41, 5.74) is 10.6. The van der Waals surface area contributed by atoms with E-state index < -0.39 is 0 Å². The Hall–Kier alpha value is -2.36. The van der Waals surface area contributed by atoms with Gasteiger partial charge in [0.2, 0.25) is 0 Å². The monoisotopic (exact) mass is 284 g/mol. The third-order valence-electron chi connectivity index (χ3n) is 4.01. The predicted octanol–water partition coefficient (Wildman–Crippen LogP) is 3.23. The number of carbonyl (C=O) groups is 1. The maximum absolute atomic E-state index is 13.3. The molecular formula is C17H17FN2O. The molecule has 21 heavy (non-hydrogen) atoms. The zero-order chi connectivity index (χ0) is 15.1. The molecule has 0 spiro atoms. The second-order valence-corrected chi connectivity index (χ2v) is 5.51. The molecule has 0 aliphatic carbocycles. The maximum atomic E-state index is 13.3. The van der Waals surface area contributed by atoms with Gasteiger partial charge in [-0.25, -0.2) is 4.39 Å². The lowest BCUT2D eigenvalue weighted by atomic mass is 10.1. The standard InChI is InChI=1S/C17H17FN2O/c1-10-7-13(3-4-14(10)18)17(21)20-6-5-12-8-11(2)15(19)9-16(12)20/h3-4,7-9H,5-6,19H2,1-2H3. The molecule has 0 atom stereocenters. The fourth-order valence-corrected chi connectivity index (χ4v) is 2.72. The molecular weight excluding hydrogens is 267 g/mol. The van der Waals surface area contributed by atoms with Gasteiger partial charge in [-0.05, 0) is 61.2 Å². The first-order valence-corrected chi connectivity index (χ1v) is 6.94. The fraction of sp³-hybridized carbons (Fsp3) is 0.235. The van der Waals surface area contributed by atoms with E-state index in [1.54, 1.807) is 17.9 Å². The van der Waals surface area contributed by atoms with Crippen LogP contribution in [0, 0.1) is 19.7 Å². The summed E-state index contributed by atoms with van der Waals surface area (Å²) in [4.78, 5) is 14.4. The smallest absolute Gasteiger partial charge is 0.258 e. The van der Waals surface area contributed by atoms with Crippen molar-refractivity contribution >= 4 is 17.3 Å². The Balaban J connectivity index is 1.98. The highest BCUT2D eigenvalue weighted by atomic mass is 19.1. The SMILES string of the molecule is Cc1cc2c(cc1N)N(C(=O)c1ccc(F)c(C)c1)CC2. The van der Waals surface area contributed by atoms with Crippen LogP contribution in [0.3, 0.4) is 0 Å². The Kier molecular flexibility index (Phi) is 3.16. The van der Waals surface area contributed by atoms with Gasteiger partial charge < -0.3 is 10.6 Å². The summed E-state index contributed by atoms with van der Waals surface area (Å²) < 4.78 is 13.3. The number of hydrogen-bond donors (Lipinski definition) is 1. The third kappa shape index (κ3) is 2.27. The Morgan fingerprint density at radius 1 is 1.19 bits per heavy atom. The summed E-state index contributed by atoms with van der Waals surface area (Å²) in [6.07, 6.45) is 0.822. The number of nitrogen functional groups attached to an aromatic ring is 1. The first-order valence-electron chi connectivity index (χ1n) is 6.94. The second-order valence-electron chi connectivity index (χ2n) is 5.51. The number of anilines is 2. The summed E-state index contributed by atoms with van der Waals surface area (Å²) in [6, 6.07) is 8.34. The van der Waals surface area contributed by atoms with E-state index in [-0.39, 0.29) is 11.7 Å². The summed E-state index contributed by atoms with van der Waals surface area (Å²) >= 11 is 0. The zero-order valence-electron chi connectivity index (χ0n) is 12.1. The highest BCUT2D eigenvalue weighted by molar-refractivity contribution is 6.07. The van der Waals surface area contributed by atoms with Crippen LogP contribution in [-0.4, -0.2) is 12.5 Å². The van der Waals surface area contributed by atoms with Crippen molar-refractivity contribution in [3.63, 3.8) is 0 Å². The van der Waals surface area contributed by atoms with Crippen LogP contribution >= 0.6 is 0 Å². The van der Waals surface area contributed by atoms with Crippen LogP contribution in [-0.2, 0) is 6.42 Å². The molecule has 0 aromatic heterocycles. The topological polar surface area (TPSA) is 46.3 Å². The van der Waals surface area contributed by atoms with Gasteiger partial charge in [-0.15, -0.1) is 0 Å². The Morgan fingerprint density at radius 2 is 1.95 bits per heavy atom. The van der Waals surface area contributed by atoms with Crippen LogP contribution < -0.4 is 10.6 Å². The molecule has 2 N–H and O–H groups in total. The van der Waals surface area contributed by atoms with Crippen molar-refractivity contribution in [1.82, 2.24) is 0 Å². The quantitative estimate of drug-likeness (QED) is 0.817. The van der Waals surface area contributed by atoms with Crippen molar-refractivity contribution in [3.8, 4) is 0 Å². The maximum Gasteiger partial charge on any atom is 0.258 e. The average Bonchev–Trinajstić information content (AvgIpc) is 2.84. The van der Waals surface area contributed by atoms with E-state index in [0.29, 0.717) is 23.4 Å². The largest absolute Gasteiger partial charge is 0.398 e. The second kappa shape index (κ2) is 4.88. The lowest BCUT2D eigenvalue weighted by molar-refractivity contribution is 0.0989. The molecule has 0 saturated carbocycles. The van der Waals surface area contributed by atoms with Gasteiger partial charge >= 0.3 is 0 Å². The molecule has 1 aliphatic heterocycles. The van der Waals surface area contributed by atoms with Crippen molar-refractivity contribution in [1.29, 1.82) is 0 Å². The molecule has 1 amide bonds. The lowest BCUT2D eigenvalue weighted by Gasteiger charge is -2.18. The minimum atomic E-state index is -0.298. The molecule has 108 valence electrons. The minimum Gasteiger partial charge on any atom is -0.398 e. The first-order chi connectivity index (χ1) is 9.97. The molecule has 0 radical (unpaired) electrons. The van der Waals surface area contributed by atoms with Crippen LogP contribution in [0.5, 0.6) is 0 Å². The number of fused-ring (bicyclic) bond motifs is 1. The van der Waals surface area contributed by atoms with Crippen molar-refractivity contribution in [2.75, 3.05) is 17.2 Å². The molecule has 0 saturated heterocycles. The van der Waals surface area contributed by atoms with Gasteiger partial charge in [0.15, 0.2) is 0 Å². The van der Waals surface area contributed by atoms with E-state index >= 15 is 0 Å². The van der Waals surface area contributed by atoms with Gasteiger partial charge in [0.25, 0.3) is 5.91 Å². The van der Waals surface area contributed by atoms with Crippen LogP contribution in [0.25, 0.3) is 0 Å². The first kappa shape index (κ1) is 13.6. The van der Waals surface area contributed by atoms with E-state index in [1.807, 2.05) is 19.1 Å². The van der Waals surface area contributed by atoms with Crippen molar-refractivity contribution < 1.29 is 9.18 Å². The van der Waals surface area contributed by atoms with Crippen molar-refractivity contribution in [2.24, 2.45) is 0 Å². The molecule has 2 aromatic rings. The number of halogens is 1. The Bertz CT molecular complexity index is 740. The average molecular weight is 284 g/mol. The summed E-state index contributed by atoms with van der Waals surface area (Å²) in [5, 5.41) is 0. The van der Waals surface area contributed by atoms with E-state index in [1.165, 1.54) is 12.1 Å². The van der Waals surface area contributed by atoms with Gasteiger partial charge in [-0.1, -0.05) is 6.07 Å². The molecule has 4 heteroatoms. The van der Waals surface area contributed by atoms with Crippen LogP contribution in [0.1, 0.15) is 27.0 Å². The molecule has 1 heterocycles. The Morgan fingerprint density at radius 3 is 2.67 bits per heavy atom. The fourth-order valence-electron chi connectivity index (χ4n) is 2.72. The van der Waals surface area contributed by atoms with E-state index in [0.717, 1.165) is 23.2 Å². The minimum absolute atomic E-state index is 0.111. The molecule has 1 aliphatic rings. The Labute approximate surface area is 123 Å².